The van der Waals surface area contributed by atoms with E-state index in [1.54, 1.807) is 12.4 Å². The van der Waals surface area contributed by atoms with Gasteiger partial charge in [-0.2, -0.15) is 15.0 Å². The lowest BCUT2D eigenvalue weighted by Gasteiger charge is -2.13. The lowest BCUT2D eigenvalue weighted by molar-refractivity contribution is -0.119. The van der Waals surface area contributed by atoms with E-state index < -0.39 is 0 Å². The molecule has 0 aliphatic rings. The molecule has 9 nitrogen and oxygen atoms in total. The Bertz CT molecular complexity index is 898. The van der Waals surface area contributed by atoms with Gasteiger partial charge in [0.1, 0.15) is 5.82 Å². The molecule has 0 fully saturated rings. The first-order valence-corrected chi connectivity index (χ1v) is 8.31. The Morgan fingerprint density at radius 1 is 1.35 bits per heavy atom. The van der Waals surface area contributed by atoms with Crippen molar-refractivity contribution in [1.82, 2.24) is 25.1 Å². The van der Waals surface area contributed by atoms with Crippen molar-refractivity contribution in [3.63, 3.8) is 0 Å². The summed E-state index contributed by atoms with van der Waals surface area (Å²) in [5, 5.41) is 13.9. The van der Waals surface area contributed by atoms with Gasteiger partial charge in [-0.1, -0.05) is 19.1 Å². The van der Waals surface area contributed by atoms with E-state index in [1.165, 1.54) is 4.79 Å². The monoisotopic (exact) mass is 354 g/mol. The van der Waals surface area contributed by atoms with E-state index >= 15 is 0 Å². The van der Waals surface area contributed by atoms with Crippen molar-refractivity contribution in [3.8, 4) is 11.4 Å². The number of H-pyrrole nitrogens is 1. The van der Waals surface area contributed by atoms with Gasteiger partial charge in [-0.25, -0.2) is 4.98 Å². The number of nitrogen functional groups attached to an aromatic ring is 1. The summed E-state index contributed by atoms with van der Waals surface area (Å²) in [5.41, 5.74) is 8.10. The van der Waals surface area contributed by atoms with Gasteiger partial charge in [-0.3, -0.25) is 9.89 Å². The molecule has 0 saturated heterocycles. The second-order valence-corrected chi connectivity index (χ2v) is 6.30. The number of hydrogen-bond acceptors (Lipinski definition) is 6. The topological polar surface area (TPSA) is 141 Å². The molecular weight excluding hydrogens is 332 g/mol. The molecule has 0 aliphatic carbocycles. The summed E-state index contributed by atoms with van der Waals surface area (Å²) < 4.78 is 0. The highest BCUT2D eigenvalue weighted by Crippen LogP contribution is 2.26. The lowest BCUT2D eigenvalue weighted by atomic mass is 10.0. The second-order valence-electron chi connectivity index (χ2n) is 6.30. The predicted octanol–water partition coefficient (Wildman–Crippen LogP) is 1.22. The van der Waals surface area contributed by atoms with Crippen LogP contribution in [0.25, 0.3) is 11.4 Å². The van der Waals surface area contributed by atoms with Crippen LogP contribution in [0, 0.1) is 5.92 Å². The Morgan fingerprint density at radius 3 is 2.77 bits per heavy atom. The van der Waals surface area contributed by atoms with Crippen molar-refractivity contribution < 1.29 is 4.79 Å². The average molecular weight is 354 g/mol. The molecule has 1 amide bonds. The van der Waals surface area contributed by atoms with Crippen LogP contribution in [0.2, 0.25) is 0 Å². The summed E-state index contributed by atoms with van der Waals surface area (Å²) in [4.78, 5) is 18.2. The number of hydrogen-bond donors (Lipinski definition) is 4. The van der Waals surface area contributed by atoms with Crippen LogP contribution in [-0.4, -0.2) is 31.0 Å². The Balaban J connectivity index is 1.76. The average Bonchev–Trinajstić information content (AvgIpc) is 3.24. The molecule has 1 aromatic carbocycles. The first kappa shape index (κ1) is 17.6. The molecule has 0 aliphatic heterocycles. The lowest BCUT2D eigenvalue weighted by Crippen LogP contribution is -2.22. The smallest absolute Gasteiger partial charge is 0.227 e. The number of para-hydroxylation sites is 1. The maximum atomic E-state index is 12.6. The molecular formula is C17H22N8O. The minimum atomic E-state index is -0.251. The largest absolute Gasteiger partial charge is 0.325 e. The molecule has 2 unspecified atom stereocenters. The number of nitrogens with zero attached hydrogens (tertiary/aromatic N) is 4. The third kappa shape index (κ3) is 3.89. The van der Waals surface area contributed by atoms with Crippen molar-refractivity contribution in [2.75, 3.05) is 11.2 Å². The highest BCUT2D eigenvalue weighted by molar-refractivity contribution is 5.96. The van der Waals surface area contributed by atoms with Crippen LogP contribution >= 0.6 is 0 Å². The SMILES string of the molecule is CC(Cc1cnn(N)c1)C(=O)Nc1ccccc1-c1n[nH]c(C(C)N)n1. The van der Waals surface area contributed by atoms with Crippen molar-refractivity contribution in [2.24, 2.45) is 11.7 Å². The van der Waals surface area contributed by atoms with E-state index in [4.69, 9.17) is 11.6 Å². The molecule has 0 saturated carbocycles. The predicted molar refractivity (Wildman–Crippen MR) is 98.3 cm³/mol. The Morgan fingerprint density at radius 2 is 2.12 bits per heavy atom. The molecule has 3 rings (SSSR count). The minimum Gasteiger partial charge on any atom is -0.325 e. The van der Waals surface area contributed by atoms with Crippen LogP contribution in [0.5, 0.6) is 0 Å². The highest BCUT2D eigenvalue weighted by atomic mass is 16.1. The fraction of sp³-hybridized carbons (Fsp3) is 0.294. The van der Waals surface area contributed by atoms with Crippen LogP contribution in [-0.2, 0) is 11.2 Å². The van der Waals surface area contributed by atoms with E-state index in [1.807, 2.05) is 38.1 Å². The molecule has 0 spiro atoms. The fourth-order valence-corrected chi connectivity index (χ4v) is 2.57. The van der Waals surface area contributed by atoms with Gasteiger partial charge in [0, 0.05) is 11.5 Å². The van der Waals surface area contributed by atoms with Crippen molar-refractivity contribution in [2.45, 2.75) is 26.3 Å². The van der Waals surface area contributed by atoms with Gasteiger partial charge in [-0.15, -0.1) is 0 Å². The molecule has 6 N–H and O–H groups in total. The van der Waals surface area contributed by atoms with E-state index in [2.05, 4.69) is 25.6 Å². The zero-order chi connectivity index (χ0) is 18.7. The van der Waals surface area contributed by atoms with Crippen LogP contribution in [0.15, 0.2) is 36.7 Å². The van der Waals surface area contributed by atoms with Gasteiger partial charge in [0.2, 0.25) is 5.91 Å². The third-order valence-electron chi connectivity index (χ3n) is 4.00. The number of carbonyl (C=O) groups is 1. The minimum absolute atomic E-state index is 0.106. The number of nitrogens with two attached hydrogens (primary N) is 2. The maximum absolute atomic E-state index is 12.6. The summed E-state index contributed by atoms with van der Waals surface area (Å²) in [6.45, 7) is 3.68. The third-order valence-corrected chi connectivity index (χ3v) is 4.00. The van der Waals surface area contributed by atoms with Gasteiger partial charge >= 0.3 is 0 Å². The summed E-state index contributed by atoms with van der Waals surface area (Å²) in [7, 11) is 0. The summed E-state index contributed by atoms with van der Waals surface area (Å²) in [5.74, 6) is 6.27. The molecule has 136 valence electrons. The van der Waals surface area contributed by atoms with Crippen LogP contribution < -0.4 is 16.9 Å². The van der Waals surface area contributed by atoms with Crippen LogP contribution in [0.3, 0.4) is 0 Å². The quantitative estimate of drug-likeness (QED) is 0.491. The standard InChI is InChI=1S/C17H22N8O/c1-10(7-12-8-20-25(19)9-12)17(26)21-14-6-4-3-5-13(14)16-22-15(11(2)18)23-24-16/h3-6,8-11H,7,18-19H2,1-2H3,(H,21,26)(H,22,23,24). The normalized spacial score (nSPS) is 13.3. The summed E-state index contributed by atoms with van der Waals surface area (Å²) in [6, 6.07) is 7.14. The van der Waals surface area contributed by atoms with Gasteiger partial charge in [0.15, 0.2) is 5.82 Å². The van der Waals surface area contributed by atoms with E-state index in [9.17, 15) is 4.79 Å². The molecule has 2 atom stereocenters. The number of anilines is 1. The highest BCUT2D eigenvalue weighted by Gasteiger charge is 2.18. The van der Waals surface area contributed by atoms with Crippen molar-refractivity contribution in [1.29, 1.82) is 0 Å². The Labute approximate surface area is 150 Å². The van der Waals surface area contributed by atoms with Crippen molar-refractivity contribution in [3.05, 3.63) is 48.0 Å². The number of rotatable bonds is 6. The summed E-state index contributed by atoms with van der Waals surface area (Å²) >= 11 is 0. The van der Waals surface area contributed by atoms with Crippen LogP contribution in [0.1, 0.15) is 31.3 Å². The van der Waals surface area contributed by atoms with Gasteiger partial charge in [0.25, 0.3) is 0 Å². The fourth-order valence-electron chi connectivity index (χ4n) is 2.57. The van der Waals surface area contributed by atoms with Gasteiger partial charge in [-0.05, 0) is 31.0 Å². The number of benzene rings is 1. The molecule has 0 bridgehead atoms. The second kappa shape index (κ2) is 7.36. The van der Waals surface area contributed by atoms with E-state index in [-0.39, 0.29) is 17.9 Å². The maximum Gasteiger partial charge on any atom is 0.227 e. The van der Waals surface area contributed by atoms with Gasteiger partial charge < -0.3 is 16.9 Å². The number of aromatic nitrogens is 5. The molecule has 2 aromatic heterocycles. The Kier molecular flexibility index (Phi) is 4.99. The van der Waals surface area contributed by atoms with Gasteiger partial charge in [0.05, 0.1) is 24.1 Å². The summed E-state index contributed by atoms with van der Waals surface area (Å²) in [6.07, 6.45) is 3.89. The first-order chi connectivity index (χ1) is 12.4. The van der Waals surface area contributed by atoms with E-state index in [0.717, 1.165) is 11.1 Å². The van der Waals surface area contributed by atoms with E-state index in [0.29, 0.717) is 23.8 Å². The molecule has 9 heteroatoms. The number of amides is 1. The zero-order valence-electron chi connectivity index (χ0n) is 14.7. The molecule has 3 aromatic rings. The molecule has 26 heavy (non-hydrogen) atoms. The number of carbonyl (C=O) groups excluding carboxylic acids is 1. The zero-order valence-corrected chi connectivity index (χ0v) is 14.7. The molecule has 2 heterocycles. The Hall–Kier alpha value is -3.20. The number of aromatic amines is 1. The molecule has 0 radical (unpaired) electrons. The van der Waals surface area contributed by atoms with Crippen molar-refractivity contribution >= 4 is 11.6 Å². The van der Waals surface area contributed by atoms with Crippen LogP contribution in [0.4, 0.5) is 5.69 Å². The first-order valence-electron chi connectivity index (χ1n) is 8.31. The number of nitrogens with one attached hydrogen (secondary N) is 2.